The number of aromatic amines is 1. The molecule has 2 heterocycles. The van der Waals surface area contributed by atoms with Crippen molar-refractivity contribution in [2.24, 2.45) is 5.41 Å². The van der Waals surface area contributed by atoms with Gasteiger partial charge in [0.15, 0.2) is 0 Å². The van der Waals surface area contributed by atoms with Crippen molar-refractivity contribution < 1.29 is 0 Å². The average molecular weight is 252 g/mol. The van der Waals surface area contributed by atoms with Crippen LogP contribution in [-0.2, 0) is 5.41 Å². The van der Waals surface area contributed by atoms with Crippen LogP contribution >= 0.6 is 0 Å². The summed E-state index contributed by atoms with van der Waals surface area (Å²) in [5, 5.41) is 0. The molecule has 0 amide bonds. The number of hydrogen-bond donors (Lipinski definition) is 1. The summed E-state index contributed by atoms with van der Waals surface area (Å²) < 4.78 is 0. The molecule has 98 valence electrons. The SMILES string of the molecule is CC12CCC(c3c1c[nH]c3-c1ccccn1)C2(C)C. The van der Waals surface area contributed by atoms with Crippen LogP contribution in [0.4, 0.5) is 0 Å². The predicted octanol–water partition coefficient (Wildman–Crippen LogP) is 4.25. The van der Waals surface area contributed by atoms with E-state index in [-0.39, 0.29) is 0 Å². The van der Waals surface area contributed by atoms with Gasteiger partial charge in [-0.05, 0) is 52.8 Å². The molecule has 1 fully saturated rings. The van der Waals surface area contributed by atoms with Crippen molar-refractivity contribution >= 4 is 0 Å². The summed E-state index contributed by atoms with van der Waals surface area (Å²) in [7, 11) is 0. The molecule has 2 aliphatic carbocycles. The van der Waals surface area contributed by atoms with Crippen LogP contribution in [0.25, 0.3) is 11.4 Å². The van der Waals surface area contributed by atoms with E-state index in [0.717, 1.165) is 5.69 Å². The molecule has 19 heavy (non-hydrogen) atoms. The van der Waals surface area contributed by atoms with Gasteiger partial charge in [0.25, 0.3) is 0 Å². The van der Waals surface area contributed by atoms with Crippen molar-refractivity contribution in [2.45, 2.75) is 44.9 Å². The maximum atomic E-state index is 4.52. The molecule has 1 saturated carbocycles. The van der Waals surface area contributed by atoms with Gasteiger partial charge in [-0.15, -0.1) is 0 Å². The summed E-state index contributed by atoms with van der Waals surface area (Å²) in [6.07, 6.45) is 6.74. The molecule has 2 aliphatic rings. The van der Waals surface area contributed by atoms with E-state index in [1.165, 1.54) is 29.7 Å². The highest BCUT2D eigenvalue weighted by atomic mass is 14.8. The van der Waals surface area contributed by atoms with E-state index in [9.17, 15) is 0 Å². The normalized spacial score (nSPS) is 30.6. The van der Waals surface area contributed by atoms with Crippen LogP contribution in [0, 0.1) is 5.41 Å². The molecule has 2 nitrogen and oxygen atoms in total. The molecule has 1 N–H and O–H groups in total. The molecule has 0 aromatic carbocycles. The Morgan fingerprint density at radius 2 is 2.11 bits per heavy atom. The number of fused-ring (bicyclic) bond motifs is 5. The molecule has 0 saturated heterocycles. The molecule has 2 atom stereocenters. The van der Waals surface area contributed by atoms with Gasteiger partial charge < -0.3 is 4.98 Å². The van der Waals surface area contributed by atoms with Gasteiger partial charge >= 0.3 is 0 Å². The minimum atomic E-state index is 0.330. The van der Waals surface area contributed by atoms with Gasteiger partial charge in [-0.25, -0.2) is 0 Å². The minimum Gasteiger partial charge on any atom is -0.359 e. The molecule has 2 aromatic heterocycles. The van der Waals surface area contributed by atoms with E-state index < -0.39 is 0 Å². The number of pyridine rings is 1. The van der Waals surface area contributed by atoms with Crippen LogP contribution in [0.2, 0.25) is 0 Å². The second-order valence-corrected chi connectivity index (χ2v) is 6.85. The summed E-state index contributed by atoms with van der Waals surface area (Å²) in [5.41, 5.74) is 6.10. The van der Waals surface area contributed by atoms with Gasteiger partial charge in [0, 0.05) is 12.4 Å². The first-order valence-corrected chi connectivity index (χ1v) is 7.19. The summed E-state index contributed by atoms with van der Waals surface area (Å²) in [6, 6.07) is 6.15. The zero-order valence-electron chi connectivity index (χ0n) is 11.8. The van der Waals surface area contributed by atoms with Crippen molar-refractivity contribution in [2.75, 3.05) is 0 Å². The van der Waals surface area contributed by atoms with Crippen molar-refractivity contribution in [3.05, 3.63) is 41.7 Å². The molecule has 2 heteroatoms. The standard InChI is InChI=1S/C17H20N2/c1-16(2)11-7-8-17(16,3)12-10-19-15(14(11)12)13-6-4-5-9-18-13/h4-6,9-11,19H,7-8H2,1-3H3. The number of nitrogens with zero attached hydrogens (tertiary/aromatic N) is 1. The van der Waals surface area contributed by atoms with E-state index in [1.807, 2.05) is 12.3 Å². The Morgan fingerprint density at radius 3 is 2.84 bits per heavy atom. The third-order valence-electron chi connectivity index (χ3n) is 6.01. The highest BCUT2D eigenvalue weighted by Gasteiger charge is 2.60. The highest BCUT2D eigenvalue weighted by Crippen LogP contribution is 2.68. The zero-order valence-corrected chi connectivity index (χ0v) is 11.8. The van der Waals surface area contributed by atoms with Crippen LogP contribution in [0.5, 0.6) is 0 Å². The Morgan fingerprint density at radius 1 is 1.26 bits per heavy atom. The molecule has 0 radical (unpaired) electrons. The molecular formula is C17H20N2. The van der Waals surface area contributed by atoms with Crippen LogP contribution < -0.4 is 0 Å². The van der Waals surface area contributed by atoms with Gasteiger partial charge in [-0.2, -0.15) is 0 Å². The van der Waals surface area contributed by atoms with E-state index >= 15 is 0 Å². The Hall–Kier alpha value is -1.57. The number of H-pyrrole nitrogens is 1. The fraction of sp³-hybridized carbons (Fsp3) is 0.471. The highest BCUT2D eigenvalue weighted by molar-refractivity contribution is 5.67. The molecule has 2 aromatic rings. The van der Waals surface area contributed by atoms with Gasteiger partial charge in [0.2, 0.25) is 0 Å². The van der Waals surface area contributed by atoms with Gasteiger partial charge in [0.05, 0.1) is 11.4 Å². The summed E-state index contributed by atoms with van der Waals surface area (Å²) >= 11 is 0. The maximum absolute atomic E-state index is 4.52. The fourth-order valence-corrected chi connectivity index (χ4v) is 4.46. The summed E-state index contributed by atoms with van der Waals surface area (Å²) in [5.74, 6) is 0.677. The number of rotatable bonds is 1. The lowest BCUT2D eigenvalue weighted by molar-refractivity contribution is 0.230. The van der Waals surface area contributed by atoms with Gasteiger partial charge in [-0.3, -0.25) is 4.98 Å². The molecule has 2 unspecified atom stereocenters. The van der Waals surface area contributed by atoms with Gasteiger partial charge in [-0.1, -0.05) is 26.8 Å². The third-order valence-corrected chi connectivity index (χ3v) is 6.01. The fourth-order valence-electron chi connectivity index (χ4n) is 4.46. The lowest BCUT2D eigenvalue weighted by atomic mass is 9.69. The molecular weight excluding hydrogens is 232 g/mol. The molecule has 4 rings (SSSR count). The van der Waals surface area contributed by atoms with E-state index in [2.05, 4.69) is 49.1 Å². The zero-order chi connectivity index (χ0) is 13.3. The van der Waals surface area contributed by atoms with E-state index in [0.29, 0.717) is 16.7 Å². The first-order valence-electron chi connectivity index (χ1n) is 7.19. The minimum absolute atomic E-state index is 0.330. The molecule has 0 aliphatic heterocycles. The first kappa shape index (κ1) is 11.3. The van der Waals surface area contributed by atoms with Crippen LogP contribution in [0.1, 0.15) is 50.7 Å². The second-order valence-electron chi connectivity index (χ2n) is 6.85. The Labute approximate surface area is 114 Å². The summed E-state index contributed by atoms with van der Waals surface area (Å²) in [6.45, 7) is 7.31. The number of nitrogens with one attached hydrogen (secondary N) is 1. The average Bonchev–Trinajstić information content (AvgIpc) is 2.98. The largest absolute Gasteiger partial charge is 0.359 e. The quantitative estimate of drug-likeness (QED) is 0.807. The Balaban J connectivity index is 1.95. The van der Waals surface area contributed by atoms with Crippen LogP contribution in [-0.4, -0.2) is 9.97 Å². The monoisotopic (exact) mass is 252 g/mol. The summed E-state index contributed by atoms with van der Waals surface area (Å²) in [4.78, 5) is 8.02. The van der Waals surface area contributed by atoms with Crippen molar-refractivity contribution in [3.8, 4) is 11.4 Å². The molecule has 2 bridgehead atoms. The molecule has 0 spiro atoms. The number of aromatic nitrogens is 2. The number of hydrogen-bond acceptors (Lipinski definition) is 1. The van der Waals surface area contributed by atoms with E-state index in [1.54, 1.807) is 0 Å². The Bertz CT molecular complexity index is 639. The third kappa shape index (κ3) is 1.15. The lowest BCUT2D eigenvalue weighted by Crippen LogP contribution is -2.31. The maximum Gasteiger partial charge on any atom is 0.0867 e. The van der Waals surface area contributed by atoms with Crippen molar-refractivity contribution in [3.63, 3.8) is 0 Å². The van der Waals surface area contributed by atoms with E-state index in [4.69, 9.17) is 0 Å². The first-order chi connectivity index (χ1) is 9.06. The Kier molecular flexibility index (Phi) is 1.96. The van der Waals surface area contributed by atoms with Crippen molar-refractivity contribution in [1.82, 2.24) is 9.97 Å². The van der Waals surface area contributed by atoms with Crippen molar-refractivity contribution in [1.29, 1.82) is 0 Å². The second kappa shape index (κ2) is 3.30. The predicted molar refractivity (Wildman–Crippen MR) is 77.1 cm³/mol. The lowest BCUT2D eigenvalue weighted by Gasteiger charge is -2.35. The van der Waals surface area contributed by atoms with Crippen LogP contribution in [0.15, 0.2) is 30.6 Å². The topological polar surface area (TPSA) is 28.7 Å². The van der Waals surface area contributed by atoms with Crippen LogP contribution in [0.3, 0.4) is 0 Å². The smallest absolute Gasteiger partial charge is 0.0867 e. The van der Waals surface area contributed by atoms with Gasteiger partial charge in [0.1, 0.15) is 0 Å².